The first-order valence-corrected chi connectivity index (χ1v) is 8.34. The molecule has 0 aromatic heterocycles. The molecule has 1 aliphatic carbocycles. The molecule has 1 aromatic rings. The molecule has 2 rings (SSSR count). The predicted molar refractivity (Wildman–Crippen MR) is 88.1 cm³/mol. The molecule has 0 atom stereocenters. The van der Waals surface area contributed by atoms with Crippen molar-refractivity contribution in [2.24, 2.45) is 5.41 Å². The van der Waals surface area contributed by atoms with Crippen LogP contribution in [0.1, 0.15) is 45.1 Å². The molecule has 1 fully saturated rings. The molecule has 1 aliphatic rings. The molecule has 0 unspecified atom stereocenters. The first-order chi connectivity index (χ1) is 9.30. The van der Waals surface area contributed by atoms with Crippen molar-refractivity contribution in [3.8, 4) is 0 Å². The lowest BCUT2D eigenvalue weighted by molar-refractivity contribution is -0.0245. The van der Waals surface area contributed by atoms with Crippen molar-refractivity contribution in [1.82, 2.24) is 5.32 Å². The van der Waals surface area contributed by atoms with Crippen LogP contribution in [0.3, 0.4) is 0 Å². The quantitative estimate of drug-likeness (QED) is 0.827. The van der Waals surface area contributed by atoms with Crippen molar-refractivity contribution in [1.29, 1.82) is 0 Å². The van der Waals surface area contributed by atoms with E-state index in [0.29, 0.717) is 18.5 Å². The molecule has 1 aromatic carbocycles. The molecule has 0 saturated heterocycles. The third-order valence-corrected chi connectivity index (χ3v) is 5.32. The maximum atomic E-state index is 10.6. The highest BCUT2D eigenvalue weighted by Crippen LogP contribution is 2.39. The van der Waals surface area contributed by atoms with Crippen LogP contribution in [-0.2, 0) is 6.54 Å². The van der Waals surface area contributed by atoms with Gasteiger partial charge in [0, 0.05) is 22.6 Å². The Morgan fingerprint density at radius 2 is 1.90 bits per heavy atom. The second-order valence-corrected chi connectivity index (χ2v) is 8.02. The van der Waals surface area contributed by atoms with Crippen molar-refractivity contribution in [2.45, 2.75) is 51.7 Å². The Morgan fingerprint density at radius 3 is 2.55 bits per heavy atom. The van der Waals surface area contributed by atoms with Crippen LogP contribution in [0.25, 0.3) is 0 Å². The van der Waals surface area contributed by atoms with Gasteiger partial charge in [0.05, 0.1) is 5.60 Å². The minimum atomic E-state index is -0.555. The van der Waals surface area contributed by atoms with Crippen LogP contribution in [0.2, 0.25) is 5.02 Å². The Morgan fingerprint density at radius 1 is 1.25 bits per heavy atom. The van der Waals surface area contributed by atoms with Gasteiger partial charge < -0.3 is 10.4 Å². The van der Waals surface area contributed by atoms with Crippen LogP contribution < -0.4 is 5.32 Å². The molecule has 1 saturated carbocycles. The predicted octanol–water partition coefficient (Wildman–Crippen LogP) is 4.52. The van der Waals surface area contributed by atoms with Gasteiger partial charge in [0.25, 0.3) is 0 Å². The molecular weight excluding hydrogens is 338 g/mol. The first-order valence-electron chi connectivity index (χ1n) is 7.17. The Labute approximate surface area is 135 Å². The molecule has 20 heavy (non-hydrogen) atoms. The number of hydrogen-bond donors (Lipinski definition) is 2. The van der Waals surface area contributed by atoms with Gasteiger partial charge in [-0.15, -0.1) is 0 Å². The van der Waals surface area contributed by atoms with E-state index in [2.05, 4.69) is 35.1 Å². The molecule has 0 heterocycles. The van der Waals surface area contributed by atoms with E-state index in [-0.39, 0.29) is 0 Å². The second kappa shape index (κ2) is 6.35. The van der Waals surface area contributed by atoms with Crippen LogP contribution in [-0.4, -0.2) is 17.3 Å². The molecular formula is C16H23BrClNO. The molecule has 0 spiro atoms. The summed E-state index contributed by atoms with van der Waals surface area (Å²) in [6, 6.07) is 5.77. The smallest absolute Gasteiger partial charge is 0.0772 e. The second-order valence-electron chi connectivity index (χ2n) is 6.73. The molecule has 0 radical (unpaired) electrons. The topological polar surface area (TPSA) is 32.3 Å². The maximum Gasteiger partial charge on any atom is 0.0772 e. The van der Waals surface area contributed by atoms with E-state index in [4.69, 9.17) is 11.6 Å². The van der Waals surface area contributed by atoms with Gasteiger partial charge in [-0.05, 0) is 54.9 Å². The molecule has 0 bridgehead atoms. The molecule has 0 aliphatic heterocycles. The van der Waals surface area contributed by atoms with E-state index < -0.39 is 5.60 Å². The summed E-state index contributed by atoms with van der Waals surface area (Å²) in [6.07, 6.45) is 3.94. The lowest BCUT2D eigenvalue weighted by Gasteiger charge is -2.40. The van der Waals surface area contributed by atoms with E-state index in [0.717, 1.165) is 40.7 Å². The van der Waals surface area contributed by atoms with E-state index in [9.17, 15) is 5.11 Å². The zero-order valence-corrected chi connectivity index (χ0v) is 14.5. The molecule has 0 amide bonds. The van der Waals surface area contributed by atoms with E-state index in [1.165, 1.54) is 0 Å². The van der Waals surface area contributed by atoms with Gasteiger partial charge in [-0.1, -0.05) is 41.4 Å². The van der Waals surface area contributed by atoms with Gasteiger partial charge in [0.15, 0.2) is 0 Å². The number of rotatable bonds is 4. The number of benzene rings is 1. The van der Waals surface area contributed by atoms with Crippen LogP contribution in [0.4, 0.5) is 0 Å². The van der Waals surface area contributed by atoms with Crippen molar-refractivity contribution >= 4 is 27.5 Å². The van der Waals surface area contributed by atoms with Crippen molar-refractivity contribution in [3.05, 3.63) is 33.3 Å². The summed E-state index contributed by atoms with van der Waals surface area (Å²) in [5.41, 5.74) is 0.945. The summed E-state index contributed by atoms with van der Waals surface area (Å²) >= 11 is 9.53. The fourth-order valence-electron chi connectivity index (χ4n) is 2.68. The Balaban J connectivity index is 1.85. The lowest BCUT2D eigenvalue weighted by Crippen LogP contribution is -2.44. The van der Waals surface area contributed by atoms with Crippen molar-refractivity contribution in [2.75, 3.05) is 6.54 Å². The third kappa shape index (κ3) is 4.45. The van der Waals surface area contributed by atoms with Crippen LogP contribution >= 0.6 is 27.5 Å². The zero-order chi connectivity index (χ0) is 14.8. The van der Waals surface area contributed by atoms with Crippen LogP contribution in [0, 0.1) is 5.41 Å². The summed E-state index contributed by atoms with van der Waals surface area (Å²) in [7, 11) is 0. The Kier molecular flexibility index (Phi) is 5.17. The number of nitrogens with one attached hydrogen (secondary N) is 1. The summed E-state index contributed by atoms with van der Waals surface area (Å²) in [5.74, 6) is 0. The first kappa shape index (κ1) is 16.3. The fourth-order valence-corrected chi connectivity index (χ4v) is 3.26. The molecule has 112 valence electrons. The normalized spacial score (nSPS) is 20.9. The highest BCUT2D eigenvalue weighted by molar-refractivity contribution is 9.10. The van der Waals surface area contributed by atoms with Gasteiger partial charge in [-0.25, -0.2) is 0 Å². The average Bonchev–Trinajstić information content (AvgIpc) is 2.38. The molecule has 2 N–H and O–H groups in total. The minimum Gasteiger partial charge on any atom is -0.389 e. The molecule has 2 nitrogen and oxygen atoms in total. The molecule has 4 heteroatoms. The monoisotopic (exact) mass is 359 g/mol. The van der Waals surface area contributed by atoms with Crippen molar-refractivity contribution in [3.63, 3.8) is 0 Å². The average molecular weight is 361 g/mol. The van der Waals surface area contributed by atoms with Crippen molar-refractivity contribution < 1.29 is 5.11 Å². The summed E-state index contributed by atoms with van der Waals surface area (Å²) in [6.45, 7) is 5.92. The van der Waals surface area contributed by atoms with Crippen LogP contribution in [0.15, 0.2) is 22.7 Å². The highest BCUT2D eigenvalue weighted by Gasteiger charge is 2.36. The van der Waals surface area contributed by atoms with E-state index in [1.54, 1.807) is 0 Å². The van der Waals surface area contributed by atoms with Gasteiger partial charge in [-0.2, -0.15) is 0 Å². The number of halogens is 2. The van der Waals surface area contributed by atoms with Gasteiger partial charge in [-0.3, -0.25) is 0 Å². The lowest BCUT2D eigenvalue weighted by atomic mass is 9.71. The van der Waals surface area contributed by atoms with Gasteiger partial charge >= 0.3 is 0 Å². The number of hydrogen-bond acceptors (Lipinski definition) is 2. The van der Waals surface area contributed by atoms with Crippen LogP contribution in [0.5, 0.6) is 0 Å². The summed E-state index contributed by atoms with van der Waals surface area (Å²) < 4.78 is 1.05. The Hall–Kier alpha value is -0.0900. The standard InChI is InChI=1S/C16H23BrClNO/c1-15(2)5-7-16(20,8-6-15)11-19-10-12-9-13(18)3-4-14(12)17/h3-4,9,19-20H,5-8,10-11H2,1-2H3. The number of aliphatic hydroxyl groups is 1. The fraction of sp³-hybridized carbons (Fsp3) is 0.625. The maximum absolute atomic E-state index is 10.6. The minimum absolute atomic E-state index is 0.377. The highest BCUT2D eigenvalue weighted by atomic mass is 79.9. The van der Waals surface area contributed by atoms with E-state index in [1.807, 2.05) is 18.2 Å². The van der Waals surface area contributed by atoms with Gasteiger partial charge in [0.1, 0.15) is 0 Å². The third-order valence-electron chi connectivity index (χ3n) is 4.31. The zero-order valence-electron chi connectivity index (χ0n) is 12.2. The largest absolute Gasteiger partial charge is 0.389 e. The SMILES string of the molecule is CC1(C)CCC(O)(CNCc2cc(Cl)ccc2Br)CC1. The summed E-state index contributed by atoms with van der Waals surface area (Å²) in [4.78, 5) is 0. The van der Waals surface area contributed by atoms with E-state index >= 15 is 0 Å². The summed E-state index contributed by atoms with van der Waals surface area (Å²) in [5, 5.41) is 14.7. The van der Waals surface area contributed by atoms with Gasteiger partial charge in [0.2, 0.25) is 0 Å². The Bertz CT molecular complexity index is 466.